The molecule has 0 heterocycles. The number of aliphatic hydroxyl groups excluding tert-OH is 2. The van der Waals surface area contributed by atoms with Gasteiger partial charge in [-0.1, -0.05) is 199 Å². The minimum absolute atomic E-state index is 0.363. The highest BCUT2D eigenvalue weighted by Gasteiger charge is 1.95. The van der Waals surface area contributed by atoms with Crippen LogP contribution in [-0.4, -0.2) is 16.8 Å². The van der Waals surface area contributed by atoms with Crippen LogP contribution in [0.2, 0.25) is 0 Å². The van der Waals surface area contributed by atoms with E-state index in [1.165, 1.54) is 205 Å². The van der Waals surface area contributed by atoms with Crippen molar-refractivity contribution in [2.45, 2.75) is 226 Å². The Morgan fingerprint density at radius 3 is 0.810 bits per heavy atom. The number of unbranched alkanes of at least 4 members (excludes halogenated alkanes) is 30. The van der Waals surface area contributed by atoms with Gasteiger partial charge in [0.25, 0.3) is 0 Å². The monoisotopic (exact) mass is 593 g/mol. The van der Waals surface area contributed by atoms with Crippen LogP contribution >= 0.6 is 0 Å². The molecule has 0 aliphatic carbocycles. The SMILES string of the molecule is CCCCCCCCCCC=CCCCCCCCCO.CCCCCCCCCCCCCCCCCCC=CO. The highest BCUT2D eigenvalue weighted by Crippen LogP contribution is 2.14. The Balaban J connectivity index is 0. The van der Waals surface area contributed by atoms with Gasteiger partial charge in [-0.2, -0.15) is 0 Å². The van der Waals surface area contributed by atoms with Crippen LogP contribution in [0, 0.1) is 0 Å². The maximum absolute atomic E-state index is 8.68. The Morgan fingerprint density at radius 1 is 0.310 bits per heavy atom. The first-order chi connectivity index (χ1) is 20.8. The fourth-order valence-corrected chi connectivity index (χ4v) is 5.60. The number of hydrogen-bond donors (Lipinski definition) is 2. The van der Waals surface area contributed by atoms with Crippen molar-refractivity contribution in [2.24, 2.45) is 0 Å². The lowest BCUT2D eigenvalue weighted by molar-refractivity contribution is 0.282. The van der Waals surface area contributed by atoms with E-state index >= 15 is 0 Å². The average molecular weight is 593 g/mol. The summed E-state index contributed by atoms with van der Waals surface area (Å²) in [5.41, 5.74) is 0. The Morgan fingerprint density at radius 2 is 0.548 bits per heavy atom. The lowest BCUT2D eigenvalue weighted by Crippen LogP contribution is -1.83. The van der Waals surface area contributed by atoms with Gasteiger partial charge in [-0.05, 0) is 44.9 Å². The van der Waals surface area contributed by atoms with Gasteiger partial charge in [0, 0.05) is 6.61 Å². The van der Waals surface area contributed by atoms with Crippen LogP contribution in [0.25, 0.3) is 0 Å². The minimum Gasteiger partial charge on any atom is -0.516 e. The third-order valence-electron chi connectivity index (χ3n) is 8.50. The molecule has 0 aliphatic heterocycles. The average Bonchev–Trinajstić information content (AvgIpc) is 3.00. The van der Waals surface area contributed by atoms with Gasteiger partial charge in [0.2, 0.25) is 0 Å². The van der Waals surface area contributed by atoms with E-state index in [1.54, 1.807) is 0 Å². The van der Waals surface area contributed by atoms with Crippen LogP contribution in [-0.2, 0) is 0 Å². The van der Waals surface area contributed by atoms with Gasteiger partial charge < -0.3 is 10.2 Å². The molecule has 0 aromatic rings. The van der Waals surface area contributed by atoms with Crippen LogP contribution in [0.3, 0.4) is 0 Å². The number of hydrogen-bond acceptors (Lipinski definition) is 2. The number of aliphatic hydroxyl groups is 2. The van der Waals surface area contributed by atoms with Crippen molar-refractivity contribution in [2.75, 3.05) is 6.61 Å². The summed E-state index contributed by atoms with van der Waals surface area (Å²) >= 11 is 0. The molecule has 0 saturated heterocycles. The van der Waals surface area contributed by atoms with Crippen LogP contribution in [0.4, 0.5) is 0 Å². The largest absolute Gasteiger partial charge is 0.516 e. The highest BCUT2D eigenvalue weighted by molar-refractivity contribution is 4.81. The first-order valence-corrected chi connectivity index (χ1v) is 19.4. The van der Waals surface area contributed by atoms with Gasteiger partial charge in [-0.25, -0.2) is 0 Å². The zero-order valence-electron chi connectivity index (χ0n) is 29.2. The van der Waals surface area contributed by atoms with Crippen LogP contribution in [0.5, 0.6) is 0 Å². The van der Waals surface area contributed by atoms with Gasteiger partial charge in [-0.3, -0.25) is 0 Å². The van der Waals surface area contributed by atoms with E-state index in [4.69, 9.17) is 10.2 Å². The van der Waals surface area contributed by atoms with E-state index in [9.17, 15) is 0 Å². The quantitative estimate of drug-likeness (QED) is 0.0443. The molecule has 0 amide bonds. The minimum atomic E-state index is 0.363. The van der Waals surface area contributed by atoms with Gasteiger partial charge >= 0.3 is 0 Å². The van der Waals surface area contributed by atoms with Gasteiger partial charge in [0.1, 0.15) is 0 Å². The van der Waals surface area contributed by atoms with Crippen molar-refractivity contribution >= 4 is 0 Å². The predicted molar refractivity (Wildman–Crippen MR) is 192 cm³/mol. The molecule has 0 rings (SSSR count). The zero-order chi connectivity index (χ0) is 30.9. The third-order valence-corrected chi connectivity index (χ3v) is 8.50. The molecule has 0 spiro atoms. The molecule has 0 unspecified atom stereocenters. The zero-order valence-corrected chi connectivity index (χ0v) is 29.2. The Hall–Kier alpha value is -0.760. The van der Waals surface area contributed by atoms with E-state index in [1.807, 2.05) is 6.08 Å². The lowest BCUT2D eigenvalue weighted by Gasteiger charge is -2.03. The second kappa shape index (κ2) is 44.7. The first kappa shape index (κ1) is 43.4. The van der Waals surface area contributed by atoms with Crippen molar-refractivity contribution in [3.8, 4) is 0 Å². The van der Waals surface area contributed by atoms with Gasteiger partial charge in [-0.15, -0.1) is 0 Å². The smallest absolute Gasteiger partial charge is 0.0751 e. The highest BCUT2D eigenvalue weighted by atomic mass is 16.3. The fraction of sp³-hybridized carbons (Fsp3) is 0.900. The van der Waals surface area contributed by atoms with E-state index in [0.29, 0.717) is 6.61 Å². The molecule has 0 radical (unpaired) electrons. The molecular weight excluding hydrogens is 512 g/mol. The predicted octanol–water partition coefficient (Wildman–Crippen LogP) is 14.5. The normalized spacial score (nSPS) is 11.5. The summed E-state index contributed by atoms with van der Waals surface area (Å²) < 4.78 is 0. The summed E-state index contributed by atoms with van der Waals surface area (Å²) in [7, 11) is 0. The van der Waals surface area contributed by atoms with E-state index in [2.05, 4.69) is 26.0 Å². The molecule has 2 heteroatoms. The molecule has 42 heavy (non-hydrogen) atoms. The maximum Gasteiger partial charge on any atom is 0.0751 e. The molecule has 0 saturated carbocycles. The first-order valence-electron chi connectivity index (χ1n) is 19.4. The summed E-state index contributed by atoms with van der Waals surface area (Å²) in [6.07, 6.45) is 52.9. The molecule has 0 fully saturated rings. The summed E-state index contributed by atoms with van der Waals surface area (Å²) in [5.74, 6) is 0. The molecule has 0 bridgehead atoms. The van der Waals surface area contributed by atoms with Crippen LogP contribution < -0.4 is 0 Å². The maximum atomic E-state index is 8.68. The fourth-order valence-electron chi connectivity index (χ4n) is 5.60. The van der Waals surface area contributed by atoms with E-state index in [-0.39, 0.29) is 0 Å². The standard InChI is InChI=1S/2C20H40O/c2*1-2-3-4-5-6-7-8-9-10-11-12-13-14-15-16-17-18-19-20-21/h19-21H,2-18H2,1H3;11-12,21H,2-10,13-20H2,1H3. The molecule has 0 aromatic carbocycles. The van der Waals surface area contributed by atoms with E-state index < -0.39 is 0 Å². The van der Waals surface area contributed by atoms with Crippen molar-refractivity contribution in [1.82, 2.24) is 0 Å². The second-order valence-electron chi connectivity index (χ2n) is 12.8. The molecule has 2 nitrogen and oxygen atoms in total. The topological polar surface area (TPSA) is 40.5 Å². The summed E-state index contributed by atoms with van der Waals surface area (Å²) in [5, 5.41) is 17.2. The van der Waals surface area contributed by atoms with Crippen LogP contribution in [0.1, 0.15) is 226 Å². The van der Waals surface area contributed by atoms with Crippen molar-refractivity contribution in [3.63, 3.8) is 0 Å². The van der Waals surface area contributed by atoms with Gasteiger partial charge in [0.05, 0.1) is 6.26 Å². The summed E-state index contributed by atoms with van der Waals surface area (Å²) in [4.78, 5) is 0. The third kappa shape index (κ3) is 46.2. The van der Waals surface area contributed by atoms with Crippen LogP contribution in [0.15, 0.2) is 24.5 Å². The second-order valence-corrected chi connectivity index (χ2v) is 12.8. The van der Waals surface area contributed by atoms with Crippen molar-refractivity contribution in [1.29, 1.82) is 0 Å². The summed E-state index contributed by atoms with van der Waals surface area (Å²) in [6, 6.07) is 0. The molecule has 252 valence electrons. The number of allylic oxidation sites excluding steroid dienone is 3. The van der Waals surface area contributed by atoms with Crippen molar-refractivity contribution < 1.29 is 10.2 Å². The summed E-state index contributed by atoms with van der Waals surface area (Å²) in [6.45, 7) is 4.93. The molecule has 0 atom stereocenters. The van der Waals surface area contributed by atoms with Gasteiger partial charge in [0.15, 0.2) is 0 Å². The lowest BCUT2D eigenvalue weighted by atomic mass is 10.0. The van der Waals surface area contributed by atoms with Crippen molar-refractivity contribution in [3.05, 3.63) is 24.5 Å². The molecule has 0 aromatic heterocycles. The Kier molecular flexibility index (Phi) is 46.1. The molecule has 0 aliphatic rings. The van der Waals surface area contributed by atoms with E-state index in [0.717, 1.165) is 12.8 Å². The Labute approximate surface area is 266 Å². The number of rotatable bonds is 34. The Bertz CT molecular complexity index is 484. The molecular formula is C40H80O2. The molecule has 2 N–H and O–H groups in total.